The molecular formula is C25H22ClN3O2. The molecule has 0 aliphatic carbocycles. The molecule has 6 heteroatoms. The van der Waals surface area contributed by atoms with Crippen LogP contribution < -0.4 is 5.56 Å². The van der Waals surface area contributed by atoms with E-state index >= 15 is 0 Å². The second kappa shape index (κ2) is 8.36. The molecule has 0 spiro atoms. The highest BCUT2D eigenvalue weighted by molar-refractivity contribution is 6.33. The lowest BCUT2D eigenvalue weighted by molar-refractivity contribution is 0.0735. The molecule has 0 aliphatic rings. The van der Waals surface area contributed by atoms with Gasteiger partial charge in [0.15, 0.2) is 0 Å². The molecular weight excluding hydrogens is 410 g/mol. The van der Waals surface area contributed by atoms with Crippen molar-refractivity contribution in [2.75, 3.05) is 7.05 Å². The standard InChI is InChI=1S/C25H22ClN3O2/c1-16-9-8-10-18(15-16)29-23(27-22-14-7-5-12-20(22)25(29)31)17(2)28(3)24(30)19-11-4-6-13-21(19)26/h4-15,17H,1-3H3. The van der Waals surface area contributed by atoms with Crippen LogP contribution in [0.1, 0.15) is 34.7 Å². The van der Waals surface area contributed by atoms with E-state index in [1.807, 2.05) is 56.3 Å². The Morgan fingerprint density at radius 3 is 2.48 bits per heavy atom. The Balaban J connectivity index is 1.90. The van der Waals surface area contributed by atoms with E-state index in [2.05, 4.69) is 0 Å². The van der Waals surface area contributed by atoms with Crippen molar-refractivity contribution in [3.63, 3.8) is 0 Å². The van der Waals surface area contributed by atoms with Crippen LogP contribution in [0.2, 0.25) is 5.02 Å². The first kappa shape index (κ1) is 20.8. The molecule has 1 amide bonds. The van der Waals surface area contributed by atoms with Crippen LogP contribution >= 0.6 is 11.6 Å². The summed E-state index contributed by atoms with van der Waals surface area (Å²) in [6.07, 6.45) is 0. The van der Waals surface area contributed by atoms with Crippen molar-refractivity contribution in [3.8, 4) is 5.69 Å². The maximum Gasteiger partial charge on any atom is 0.266 e. The zero-order chi connectivity index (χ0) is 22.1. The molecule has 0 radical (unpaired) electrons. The molecule has 4 rings (SSSR count). The molecule has 3 aromatic carbocycles. The third-order valence-corrected chi connectivity index (χ3v) is 5.77. The molecule has 0 saturated heterocycles. The van der Waals surface area contributed by atoms with Gasteiger partial charge in [-0.2, -0.15) is 0 Å². The summed E-state index contributed by atoms with van der Waals surface area (Å²) in [5, 5.41) is 0.911. The fraction of sp³-hybridized carbons (Fsp3) is 0.160. The average molecular weight is 432 g/mol. The monoisotopic (exact) mass is 431 g/mol. The summed E-state index contributed by atoms with van der Waals surface area (Å²) in [7, 11) is 1.69. The van der Waals surface area contributed by atoms with Crippen molar-refractivity contribution < 1.29 is 4.79 Å². The van der Waals surface area contributed by atoms with Gasteiger partial charge in [-0.05, 0) is 55.8 Å². The zero-order valence-corrected chi connectivity index (χ0v) is 18.3. The highest BCUT2D eigenvalue weighted by atomic mass is 35.5. The third-order valence-electron chi connectivity index (χ3n) is 5.44. The largest absolute Gasteiger partial charge is 0.332 e. The smallest absolute Gasteiger partial charge is 0.266 e. The Morgan fingerprint density at radius 2 is 1.74 bits per heavy atom. The molecule has 31 heavy (non-hydrogen) atoms. The molecule has 1 aromatic heterocycles. The summed E-state index contributed by atoms with van der Waals surface area (Å²) >= 11 is 6.24. The predicted molar refractivity (Wildman–Crippen MR) is 124 cm³/mol. The number of rotatable bonds is 4. The summed E-state index contributed by atoms with van der Waals surface area (Å²) in [5.41, 5.74) is 2.57. The maximum atomic E-state index is 13.5. The predicted octanol–water partition coefficient (Wildman–Crippen LogP) is 5.18. The fourth-order valence-corrected chi connectivity index (χ4v) is 3.84. The summed E-state index contributed by atoms with van der Waals surface area (Å²) < 4.78 is 1.59. The number of benzene rings is 3. The van der Waals surface area contributed by atoms with Crippen molar-refractivity contribution >= 4 is 28.4 Å². The van der Waals surface area contributed by atoms with Gasteiger partial charge < -0.3 is 4.90 Å². The van der Waals surface area contributed by atoms with Gasteiger partial charge in [0.2, 0.25) is 0 Å². The van der Waals surface area contributed by atoms with E-state index in [-0.39, 0.29) is 11.5 Å². The molecule has 1 atom stereocenters. The molecule has 156 valence electrons. The van der Waals surface area contributed by atoms with E-state index in [4.69, 9.17) is 16.6 Å². The number of nitrogens with zero attached hydrogens (tertiary/aromatic N) is 3. The molecule has 5 nitrogen and oxygen atoms in total. The van der Waals surface area contributed by atoms with Gasteiger partial charge in [0.25, 0.3) is 11.5 Å². The first-order valence-corrected chi connectivity index (χ1v) is 10.4. The molecule has 1 heterocycles. The van der Waals surface area contributed by atoms with Gasteiger partial charge in [-0.25, -0.2) is 4.98 Å². The number of carbonyl (C=O) groups excluding carboxylic acids is 1. The van der Waals surface area contributed by atoms with Gasteiger partial charge in [0, 0.05) is 7.05 Å². The number of halogens is 1. The minimum Gasteiger partial charge on any atom is -0.332 e. The number of aromatic nitrogens is 2. The number of para-hydroxylation sites is 1. The number of carbonyl (C=O) groups is 1. The van der Waals surface area contributed by atoms with Crippen LogP contribution in [-0.4, -0.2) is 27.4 Å². The van der Waals surface area contributed by atoms with Crippen molar-refractivity contribution in [3.05, 3.63) is 105 Å². The lowest BCUT2D eigenvalue weighted by Gasteiger charge is -2.27. The normalized spacial score (nSPS) is 12.0. The van der Waals surface area contributed by atoms with E-state index in [0.29, 0.717) is 33.0 Å². The van der Waals surface area contributed by atoms with E-state index in [1.54, 1.807) is 46.8 Å². The number of hydrogen-bond donors (Lipinski definition) is 0. The average Bonchev–Trinajstić information content (AvgIpc) is 2.78. The summed E-state index contributed by atoms with van der Waals surface area (Å²) in [4.78, 5) is 33.0. The van der Waals surface area contributed by atoms with Crippen LogP contribution in [0.5, 0.6) is 0 Å². The van der Waals surface area contributed by atoms with Gasteiger partial charge >= 0.3 is 0 Å². The van der Waals surface area contributed by atoms with E-state index in [9.17, 15) is 9.59 Å². The van der Waals surface area contributed by atoms with Crippen LogP contribution in [0, 0.1) is 6.92 Å². The van der Waals surface area contributed by atoms with Gasteiger partial charge in [-0.1, -0.05) is 48.0 Å². The molecule has 0 saturated carbocycles. The Morgan fingerprint density at radius 1 is 1.03 bits per heavy atom. The highest BCUT2D eigenvalue weighted by Gasteiger charge is 2.25. The molecule has 0 aliphatic heterocycles. The third kappa shape index (κ3) is 3.84. The molecule has 4 aromatic rings. The van der Waals surface area contributed by atoms with Gasteiger partial charge in [0.05, 0.1) is 33.2 Å². The number of aryl methyl sites for hydroxylation is 1. The molecule has 0 N–H and O–H groups in total. The Bertz CT molecular complexity index is 1350. The van der Waals surface area contributed by atoms with Gasteiger partial charge in [0.1, 0.15) is 5.82 Å². The second-order valence-electron chi connectivity index (χ2n) is 7.54. The SMILES string of the molecule is Cc1cccc(-n2c(C(C)N(C)C(=O)c3ccccc3Cl)nc3ccccc3c2=O)c1. The van der Waals surface area contributed by atoms with Crippen LogP contribution in [0.25, 0.3) is 16.6 Å². The summed E-state index contributed by atoms with van der Waals surface area (Å²) in [6, 6.07) is 21.4. The van der Waals surface area contributed by atoms with Crippen molar-refractivity contribution in [2.24, 2.45) is 0 Å². The van der Waals surface area contributed by atoms with Crippen LogP contribution in [0.15, 0.2) is 77.6 Å². The lowest BCUT2D eigenvalue weighted by atomic mass is 10.1. The number of hydrogen-bond acceptors (Lipinski definition) is 3. The van der Waals surface area contributed by atoms with Crippen molar-refractivity contribution in [1.82, 2.24) is 14.5 Å². The molecule has 0 bridgehead atoms. The summed E-state index contributed by atoms with van der Waals surface area (Å²) in [6.45, 7) is 3.83. The Labute approximate surface area is 185 Å². The fourth-order valence-electron chi connectivity index (χ4n) is 3.62. The van der Waals surface area contributed by atoms with Crippen LogP contribution in [-0.2, 0) is 0 Å². The van der Waals surface area contributed by atoms with E-state index in [1.165, 1.54) is 0 Å². The minimum atomic E-state index is -0.485. The quantitative estimate of drug-likeness (QED) is 0.447. The van der Waals surface area contributed by atoms with Crippen molar-refractivity contribution in [2.45, 2.75) is 19.9 Å². The lowest BCUT2D eigenvalue weighted by Crippen LogP contribution is -2.35. The zero-order valence-electron chi connectivity index (χ0n) is 17.5. The Hall–Kier alpha value is -3.44. The van der Waals surface area contributed by atoms with E-state index in [0.717, 1.165) is 5.56 Å². The van der Waals surface area contributed by atoms with E-state index < -0.39 is 6.04 Å². The van der Waals surface area contributed by atoms with Gasteiger partial charge in [-0.15, -0.1) is 0 Å². The number of fused-ring (bicyclic) bond motifs is 1. The molecule has 0 fully saturated rings. The number of amides is 1. The first-order chi connectivity index (χ1) is 14.9. The maximum absolute atomic E-state index is 13.5. The van der Waals surface area contributed by atoms with Crippen molar-refractivity contribution in [1.29, 1.82) is 0 Å². The topological polar surface area (TPSA) is 55.2 Å². The van der Waals surface area contributed by atoms with Gasteiger partial charge in [-0.3, -0.25) is 14.2 Å². The Kier molecular flexibility index (Phi) is 5.61. The van der Waals surface area contributed by atoms with Crippen LogP contribution in [0.3, 0.4) is 0 Å². The first-order valence-electron chi connectivity index (χ1n) is 9.99. The minimum absolute atomic E-state index is 0.170. The van der Waals surface area contributed by atoms with Crippen LogP contribution in [0.4, 0.5) is 0 Å². The summed E-state index contributed by atoms with van der Waals surface area (Å²) in [5.74, 6) is 0.244. The highest BCUT2D eigenvalue weighted by Crippen LogP contribution is 2.25. The second-order valence-corrected chi connectivity index (χ2v) is 7.95. The molecule has 1 unspecified atom stereocenters.